The largest absolute Gasteiger partial charge is 0.444 e. The van der Waals surface area contributed by atoms with Crippen LogP contribution in [0, 0.1) is 0 Å². The Kier molecular flexibility index (Phi) is 5.38. The summed E-state index contributed by atoms with van der Waals surface area (Å²) in [4.78, 5) is 13.4. The van der Waals surface area contributed by atoms with Gasteiger partial charge in [0, 0.05) is 19.1 Å². The van der Waals surface area contributed by atoms with Crippen LogP contribution in [0.3, 0.4) is 0 Å². The van der Waals surface area contributed by atoms with Crippen molar-refractivity contribution in [1.29, 1.82) is 0 Å². The third-order valence-electron chi connectivity index (χ3n) is 2.28. The molecule has 15 heavy (non-hydrogen) atoms. The van der Waals surface area contributed by atoms with E-state index in [1.165, 1.54) is 0 Å². The van der Waals surface area contributed by atoms with Crippen molar-refractivity contribution in [1.82, 2.24) is 4.90 Å². The Morgan fingerprint density at radius 3 is 2.60 bits per heavy atom. The number of halogens is 1. The van der Waals surface area contributed by atoms with Crippen LogP contribution < -0.4 is 5.73 Å². The lowest BCUT2D eigenvalue weighted by Crippen LogP contribution is -2.42. The van der Waals surface area contributed by atoms with Crippen molar-refractivity contribution in [3.8, 4) is 0 Å². The monoisotopic (exact) mass is 236 g/mol. The van der Waals surface area contributed by atoms with Gasteiger partial charge in [0.1, 0.15) is 5.60 Å². The average molecular weight is 237 g/mol. The molecule has 1 atom stereocenters. The second-order valence-electron chi connectivity index (χ2n) is 4.71. The van der Waals surface area contributed by atoms with Gasteiger partial charge < -0.3 is 15.4 Å². The van der Waals surface area contributed by atoms with E-state index < -0.39 is 5.60 Å². The molecule has 1 aliphatic heterocycles. The van der Waals surface area contributed by atoms with Crippen LogP contribution in [0.25, 0.3) is 0 Å². The Balaban J connectivity index is 0.00000196. The number of nitrogens with zero attached hydrogens (tertiary/aromatic N) is 1. The highest BCUT2D eigenvalue weighted by Gasteiger charge is 2.30. The molecule has 0 bridgehead atoms. The van der Waals surface area contributed by atoms with E-state index in [-0.39, 0.29) is 24.5 Å². The summed E-state index contributed by atoms with van der Waals surface area (Å²) in [5, 5.41) is 0. The smallest absolute Gasteiger partial charge is 0.410 e. The van der Waals surface area contributed by atoms with Gasteiger partial charge in [0.15, 0.2) is 0 Å². The van der Waals surface area contributed by atoms with Crippen molar-refractivity contribution in [2.45, 2.75) is 45.3 Å². The summed E-state index contributed by atoms with van der Waals surface area (Å²) in [6.07, 6.45) is 1.79. The van der Waals surface area contributed by atoms with Crippen LogP contribution in [0.4, 0.5) is 4.79 Å². The van der Waals surface area contributed by atoms with Crippen LogP contribution in [-0.4, -0.2) is 35.7 Å². The van der Waals surface area contributed by atoms with E-state index >= 15 is 0 Å². The Morgan fingerprint density at radius 2 is 2.13 bits per heavy atom. The van der Waals surface area contributed by atoms with Crippen molar-refractivity contribution < 1.29 is 9.53 Å². The molecule has 1 aliphatic rings. The summed E-state index contributed by atoms with van der Waals surface area (Å²) in [6, 6.07) is 0.171. The van der Waals surface area contributed by atoms with Gasteiger partial charge in [-0.05, 0) is 33.6 Å². The molecule has 1 rings (SSSR count). The van der Waals surface area contributed by atoms with Gasteiger partial charge in [0.2, 0.25) is 0 Å². The van der Waals surface area contributed by atoms with Crippen LogP contribution in [0.2, 0.25) is 0 Å². The van der Waals surface area contributed by atoms with E-state index in [9.17, 15) is 4.79 Å². The molecule has 90 valence electrons. The lowest BCUT2D eigenvalue weighted by molar-refractivity contribution is 0.0232. The molecule has 0 aromatic carbocycles. The van der Waals surface area contributed by atoms with Crippen molar-refractivity contribution in [3.05, 3.63) is 0 Å². The van der Waals surface area contributed by atoms with E-state index in [1.807, 2.05) is 20.8 Å². The molecule has 1 fully saturated rings. The second-order valence-corrected chi connectivity index (χ2v) is 4.71. The number of rotatable bonds is 1. The second kappa shape index (κ2) is 5.56. The lowest BCUT2D eigenvalue weighted by Gasteiger charge is -2.27. The summed E-state index contributed by atoms with van der Waals surface area (Å²) in [5.74, 6) is 0. The van der Waals surface area contributed by atoms with E-state index in [1.54, 1.807) is 4.90 Å². The van der Waals surface area contributed by atoms with Crippen LogP contribution in [0.5, 0.6) is 0 Å². The molecule has 4 nitrogen and oxygen atoms in total. The van der Waals surface area contributed by atoms with Crippen LogP contribution in [-0.2, 0) is 4.74 Å². The maximum Gasteiger partial charge on any atom is 0.410 e. The minimum atomic E-state index is -0.418. The van der Waals surface area contributed by atoms with E-state index in [0.29, 0.717) is 6.54 Å². The molecule has 0 aromatic heterocycles. The molecule has 1 heterocycles. The van der Waals surface area contributed by atoms with E-state index in [4.69, 9.17) is 10.5 Å². The van der Waals surface area contributed by atoms with Gasteiger partial charge in [-0.1, -0.05) is 0 Å². The molecule has 1 amide bonds. The summed E-state index contributed by atoms with van der Waals surface area (Å²) in [7, 11) is 0. The van der Waals surface area contributed by atoms with Crippen LogP contribution in [0.1, 0.15) is 33.6 Å². The Bertz CT molecular complexity index is 216. The predicted octanol–water partition coefficient (Wildman–Crippen LogP) is 1.77. The normalized spacial score (nSPS) is 21.1. The van der Waals surface area contributed by atoms with Gasteiger partial charge in [0.25, 0.3) is 0 Å². The zero-order valence-corrected chi connectivity index (χ0v) is 10.5. The van der Waals surface area contributed by atoms with Gasteiger partial charge in [-0.15, -0.1) is 12.4 Å². The average Bonchev–Trinajstić information content (AvgIpc) is 2.47. The summed E-state index contributed by atoms with van der Waals surface area (Å²) < 4.78 is 5.29. The zero-order chi connectivity index (χ0) is 10.8. The standard InChI is InChI=1S/C10H20N2O2.ClH/c1-10(2,3)14-9(13)12-6-4-5-8(12)7-11;/h8H,4-7,11H2,1-3H3;1H/t8-;/m1./s1. The van der Waals surface area contributed by atoms with E-state index in [2.05, 4.69) is 0 Å². The fraction of sp³-hybridized carbons (Fsp3) is 0.900. The van der Waals surface area contributed by atoms with Crippen molar-refractivity contribution in [3.63, 3.8) is 0 Å². The molecular formula is C10H21ClN2O2. The lowest BCUT2D eigenvalue weighted by atomic mass is 10.2. The minimum Gasteiger partial charge on any atom is -0.444 e. The van der Waals surface area contributed by atoms with Crippen molar-refractivity contribution in [2.75, 3.05) is 13.1 Å². The van der Waals surface area contributed by atoms with E-state index in [0.717, 1.165) is 19.4 Å². The highest BCUT2D eigenvalue weighted by Crippen LogP contribution is 2.19. The predicted molar refractivity (Wildman–Crippen MR) is 62.3 cm³/mol. The highest BCUT2D eigenvalue weighted by molar-refractivity contribution is 5.85. The van der Waals surface area contributed by atoms with Gasteiger partial charge in [-0.3, -0.25) is 0 Å². The number of likely N-dealkylation sites (tertiary alicyclic amines) is 1. The number of carbonyl (C=O) groups excluding carboxylic acids is 1. The molecule has 0 aliphatic carbocycles. The molecule has 0 aromatic rings. The first-order chi connectivity index (χ1) is 6.44. The summed E-state index contributed by atoms with van der Waals surface area (Å²) in [6.45, 7) is 6.92. The first-order valence-electron chi connectivity index (χ1n) is 5.14. The Morgan fingerprint density at radius 1 is 1.53 bits per heavy atom. The van der Waals surface area contributed by atoms with Gasteiger partial charge in [-0.2, -0.15) is 0 Å². The number of hydrogen-bond donors (Lipinski definition) is 1. The molecular weight excluding hydrogens is 216 g/mol. The third kappa shape index (κ3) is 4.26. The SMILES string of the molecule is CC(C)(C)OC(=O)N1CCC[C@@H]1CN.Cl. The van der Waals surface area contributed by atoms with Gasteiger partial charge in [0.05, 0.1) is 0 Å². The quantitative estimate of drug-likeness (QED) is 0.755. The van der Waals surface area contributed by atoms with Crippen molar-refractivity contribution in [2.24, 2.45) is 5.73 Å². The molecule has 2 N–H and O–H groups in total. The topological polar surface area (TPSA) is 55.6 Å². The fourth-order valence-corrected chi connectivity index (χ4v) is 1.64. The number of carbonyl (C=O) groups is 1. The molecule has 0 unspecified atom stereocenters. The first-order valence-corrected chi connectivity index (χ1v) is 5.14. The number of nitrogens with two attached hydrogens (primary N) is 1. The Hall–Kier alpha value is -0.480. The van der Waals surface area contributed by atoms with Crippen LogP contribution >= 0.6 is 12.4 Å². The summed E-state index contributed by atoms with van der Waals surface area (Å²) in [5.41, 5.74) is 5.16. The molecule has 0 spiro atoms. The zero-order valence-electron chi connectivity index (χ0n) is 9.66. The Labute approximate surface area is 97.5 Å². The maximum absolute atomic E-state index is 11.7. The van der Waals surface area contributed by atoms with Crippen LogP contribution in [0.15, 0.2) is 0 Å². The summed E-state index contributed by atoms with van der Waals surface area (Å²) >= 11 is 0. The van der Waals surface area contributed by atoms with Crippen molar-refractivity contribution >= 4 is 18.5 Å². The number of ether oxygens (including phenoxy) is 1. The third-order valence-corrected chi connectivity index (χ3v) is 2.28. The first kappa shape index (κ1) is 14.5. The van der Waals surface area contributed by atoms with Gasteiger partial charge >= 0.3 is 6.09 Å². The minimum absolute atomic E-state index is 0. The van der Waals surface area contributed by atoms with Gasteiger partial charge in [-0.25, -0.2) is 4.79 Å². The molecule has 0 radical (unpaired) electrons. The molecule has 5 heteroatoms. The molecule has 1 saturated heterocycles. The maximum atomic E-state index is 11.7. The molecule has 0 saturated carbocycles. The highest BCUT2D eigenvalue weighted by atomic mass is 35.5. The number of amides is 1. The fourth-order valence-electron chi connectivity index (χ4n) is 1.64. The number of hydrogen-bond acceptors (Lipinski definition) is 3.